The lowest BCUT2D eigenvalue weighted by Gasteiger charge is -2.20. The van der Waals surface area contributed by atoms with E-state index in [-0.39, 0.29) is 11.9 Å². The fourth-order valence-electron chi connectivity index (χ4n) is 2.66. The Hall–Kier alpha value is -1.26. The van der Waals surface area contributed by atoms with E-state index < -0.39 is 6.10 Å². The minimum Gasteiger partial charge on any atom is -0.479 e. The Kier molecular flexibility index (Phi) is 3.38. The number of nitrogens with zero attached hydrogens (tertiary/aromatic N) is 2. The van der Waals surface area contributed by atoms with Gasteiger partial charge in [0.05, 0.1) is 11.1 Å². The number of ether oxygens (including phenoxy) is 1. The Labute approximate surface area is 127 Å². The van der Waals surface area contributed by atoms with Crippen LogP contribution in [0.1, 0.15) is 38.3 Å². The zero-order chi connectivity index (χ0) is 14.4. The number of amides is 1. The van der Waals surface area contributed by atoms with Gasteiger partial charge in [0, 0.05) is 22.7 Å². The van der Waals surface area contributed by atoms with Crippen LogP contribution in [0.15, 0.2) is 17.2 Å². The number of fused-ring (bicyclic) bond motifs is 3. The van der Waals surface area contributed by atoms with Crippen LogP contribution in [-0.2, 0) is 4.79 Å². The third-order valence-corrected chi connectivity index (χ3v) is 4.09. The smallest absolute Gasteiger partial charge is 0.284 e. The molecule has 2 aliphatic heterocycles. The molecule has 0 saturated carbocycles. The van der Waals surface area contributed by atoms with Crippen LogP contribution < -0.4 is 4.74 Å². The maximum atomic E-state index is 12.5. The molecule has 0 fully saturated rings. The van der Waals surface area contributed by atoms with E-state index in [0.29, 0.717) is 28.6 Å². The van der Waals surface area contributed by atoms with Gasteiger partial charge in [0.25, 0.3) is 5.91 Å². The predicted octanol–water partition coefficient (Wildman–Crippen LogP) is 3.81. The summed E-state index contributed by atoms with van der Waals surface area (Å²) in [5, 5.41) is 6.83. The average Bonchev–Trinajstić information content (AvgIpc) is 2.74. The normalized spacial score (nSPS) is 24.7. The molecule has 0 aromatic heterocycles. The number of hydrogen-bond acceptors (Lipinski definition) is 3. The van der Waals surface area contributed by atoms with E-state index in [1.165, 1.54) is 5.01 Å². The Morgan fingerprint density at radius 1 is 1.45 bits per heavy atom. The summed E-state index contributed by atoms with van der Waals surface area (Å²) in [6, 6.07) is 3.27. The zero-order valence-electron chi connectivity index (χ0n) is 11.2. The summed E-state index contributed by atoms with van der Waals surface area (Å²) in [6.45, 7) is 3.81. The van der Waals surface area contributed by atoms with E-state index in [9.17, 15) is 4.79 Å². The molecule has 2 aliphatic rings. The van der Waals surface area contributed by atoms with Crippen LogP contribution in [0.2, 0.25) is 10.0 Å². The van der Waals surface area contributed by atoms with Crippen molar-refractivity contribution in [2.45, 2.75) is 38.8 Å². The molecule has 0 spiro atoms. The number of halogens is 2. The molecule has 2 unspecified atom stereocenters. The lowest BCUT2D eigenvalue weighted by atomic mass is 10.0. The highest BCUT2D eigenvalue weighted by molar-refractivity contribution is 6.35. The average molecular weight is 313 g/mol. The highest BCUT2D eigenvalue weighted by Gasteiger charge is 2.40. The van der Waals surface area contributed by atoms with Crippen molar-refractivity contribution in [3.8, 4) is 5.75 Å². The number of rotatable bonds is 1. The van der Waals surface area contributed by atoms with Crippen LogP contribution in [0.4, 0.5) is 0 Å². The summed E-state index contributed by atoms with van der Waals surface area (Å²) in [7, 11) is 0. The highest BCUT2D eigenvalue weighted by Crippen LogP contribution is 2.44. The fourth-order valence-corrected chi connectivity index (χ4v) is 3.21. The van der Waals surface area contributed by atoms with Crippen molar-refractivity contribution in [2.24, 2.45) is 5.10 Å². The van der Waals surface area contributed by atoms with Gasteiger partial charge in [-0.15, -0.1) is 0 Å². The molecule has 1 aromatic rings. The van der Waals surface area contributed by atoms with Gasteiger partial charge in [-0.05, 0) is 25.5 Å². The summed E-state index contributed by atoms with van der Waals surface area (Å²) in [5.74, 6) is 0.423. The molecule has 0 bridgehead atoms. The molecule has 1 amide bonds. The molecule has 0 N–H and O–H groups in total. The predicted molar refractivity (Wildman–Crippen MR) is 78.5 cm³/mol. The Morgan fingerprint density at radius 3 is 2.90 bits per heavy atom. The van der Waals surface area contributed by atoms with Crippen LogP contribution in [-0.4, -0.2) is 22.7 Å². The number of carbonyl (C=O) groups is 1. The second-order valence-electron chi connectivity index (χ2n) is 5.06. The molecule has 20 heavy (non-hydrogen) atoms. The van der Waals surface area contributed by atoms with Crippen molar-refractivity contribution in [2.75, 3.05) is 0 Å². The number of hydrogen-bond donors (Lipinski definition) is 0. The van der Waals surface area contributed by atoms with Gasteiger partial charge in [0.15, 0.2) is 6.10 Å². The second-order valence-corrected chi connectivity index (χ2v) is 5.90. The first-order valence-electron chi connectivity index (χ1n) is 6.54. The molecule has 4 nitrogen and oxygen atoms in total. The van der Waals surface area contributed by atoms with Crippen molar-refractivity contribution in [3.05, 3.63) is 27.7 Å². The van der Waals surface area contributed by atoms with Crippen molar-refractivity contribution >= 4 is 34.8 Å². The molecule has 2 heterocycles. The first kappa shape index (κ1) is 13.7. The van der Waals surface area contributed by atoms with Crippen molar-refractivity contribution in [3.63, 3.8) is 0 Å². The summed E-state index contributed by atoms with van der Waals surface area (Å²) >= 11 is 12.3. The number of carbonyl (C=O) groups excluding carboxylic acids is 1. The first-order chi connectivity index (χ1) is 9.51. The van der Waals surface area contributed by atoms with Crippen LogP contribution in [0.3, 0.4) is 0 Å². The SMILES string of the molecule is CCC1Oc2c(Cl)cc(Cl)cc2C2CC(C)=NN2C1=O. The Balaban J connectivity index is 2.17. The molecule has 0 radical (unpaired) electrons. The molecule has 6 heteroatoms. The van der Waals surface area contributed by atoms with Gasteiger partial charge < -0.3 is 4.74 Å². The third-order valence-electron chi connectivity index (χ3n) is 3.59. The maximum Gasteiger partial charge on any atom is 0.284 e. The number of benzene rings is 1. The quantitative estimate of drug-likeness (QED) is 0.791. The van der Waals surface area contributed by atoms with Crippen LogP contribution in [0.25, 0.3) is 0 Å². The van der Waals surface area contributed by atoms with Gasteiger partial charge in [-0.2, -0.15) is 5.10 Å². The van der Waals surface area contributed by atoms with E-state index >= 15 is 0 Å². The molecular formula is C14H14Cl2N2O2. The van der Waals surface area contributed by atoms with Crippen molar-refractivity contribution in [1.29, 1.82) is 0 Å². The van der Waals surface area contributed by atoms with Crippen LogP contribution >= 0.6 is 23.2 Å². The molecule has 2 atom stereocenters. The molecule has 106 valence electrons. The van der Waals surface area contributed by atoms with E-state index in [2.05, 4.69) is 5.10 Å². The Morgan fingerprint density at radius 2 is 2.20 bits per heavy atom. The van der Waals surface area contributed by atoms with Gasteiger partial charge in [-0.3, -0.25) is 4.79 Å². The van der Waals surface area contributed by atoms with Gasteiger partial charge in [-0.25, -0.2) is 5.01 Å². The highest BCUT2D eigenvalue weighted by atomic mass is 35.5. The minimum absolute atomic E-state index is 0.127. The Bertz CT molecular complexity index is 615. The van der Waals surface area contributed by atoms with Crippen molar-refractivity contribution in [1.82, 2.24) is 5.01 Å². The van der Waals surface area contributed by atoms with Gasteiger partial charge in [0.2, 0.25) is 0 Å². The summed E-state index contributed by atoms with van der Waals surface area (Å²) in [5.41, 5.74) is 1.74. The summed E-state index contributed by atoms with van der Waals surface area (Å²) in [6.07, 6.45) is 0.677. The zero-order valence-corrected chi connectivity index (χ0v) is 12.7. The largest absolute Gasteiger partial charge is 0.479 e. The summed E-state index contributed by atoms with van der Waals surface area (Å²) in [4.78, 5) is 12.5. The first-order valence-corrected chi connectivity index (χ1v) is 7.29. The molecule has 1 aromatic carbocycles. The lowest BCUT2D eigenvalue weighted by Crippen LogP contribution is -2.36. The van der Waals surface area contributed by atoms with Crippen LogP contribution in [0.5, 0.6) is 5.75 Å². The minimum atomic E-state index is -0.563. The van der Waals surface area contributed by atoms with Gasteiger partial charge in [0.1, 0.15) is 5.75 Å². The van der Waals surface area contributed by atoms with E-state index in [4.69, 9.17) is 27.9 Å². The lowest BCUT2D eigenvalue weighted by molar-refractivity contribution is -0.139. The fraction of sp³-hybridized carbons (Fsp3) is 0.429. The standard InChI is InChI=1S/C14H14Cl2N2O2/c1-3-12-14(19)18-11(4-7(2)17-18)9-5-8(15)6-10(16)13(9)20-12/h5-6,11-12H,3-4H2,1-2H3. The topological polar surface area (TPSA) is 41.9 Å². The van der Waals surface area contributed by atoms with E-state index in [1.54, 1.807) is 12.1 Å². The molecule has 3 rings (SSSR count). The maximum absolute atomic E-state index is 12.5. The third kappa shape index (κ3) is 2.07. The second kappa shape index (κ2) is 4.93. The number of hydrazone groups is 1. The summed E-state index contributed by atoms with van der Waals surface area (Å²) < 4.78 is 5.82. The van der Waals surface area contributed by atoms with E-state index in [0.717, 1.165) is 11.3 Å². The van der Waals surface area contributed by atoms with Gasteiger partial charge >= 0.3 is 0 Å². The van der Waals surface area contributed by atoms with Crippen LogP contribution in [0, 0.1) is 0 Å². The molecular weight excluding hydrogens is 299 g/mol. The monoisotopic (exact) mass is 312 g/mol. The van der Waals surface area contributed by atoms with Gasteiger partial charge in [-0.1, -0.05) is 30.1 Å². The van der Waals surface area contributed by atoms with E-state index in [1.807, 2.05) is 13.8 Å². The van der Waals surface area contributed by atoms with Crippen molar-refractivity contribution < 1.29 is 9.53 Å². The molecule has 0 saturated heterocycles. The molecule has 0 aliphatic carbocycles.